The molecule has 2 aliphatic rings. The van der Waals surface area contributed by atoms with Crippen molar-refractivity contribution in [2.75, 3.05) is 32.7 Å². The van der Waals surface area contributed by atoms with Crippen molar-refractivity contribution in [2.45, 2.75) is 13.0 Å². The van der Waals surface area contributed by atoms with E-state index in [0.717, 1.165) is 32.7 Å². The van der Waals surface area contributed by atoms with Crippen LogP contribution in [0.15, 0.2) is 0 Å². The van der Waals surface area contributed by atoms with Gasteiger partial charge in [0.25, 0.3) is 0 Å². The summed E-state index contributed by atoms with van der Waals surface area (Å²) in [5.74, 6) is 0. The van der Waals surface area contributed by atoms with Gasteiger partial charge in [-0.3, -0.25) is 0 Å². The number of nitrogens with one attached hydrogen (secondary N) is 1. The minimum Gasteiger partial charge on any atom is -0.323 e. The van der Waals surface area contributed by atoms with Gasteiger partial charge in [0.15, 0.2) is 0 Å². The summed E-state index contributed by atoms with van der Waals surface area (Å²) >= 11 is 0. The van der Waals surface area contributed by atoms with Crippen LogP contribution in [0.4, 0.5) is 4.79 Å². The highest BCUT2D eigenvalue weighted by Gasteiger charge is 2.37. The minimum atomic E-state index is 0.226. The average Bonchev–Trinajstić information content (AvgIpc) is 2.44. The number of hydrogen-bond donors (Lipinski definition) is 1. The Hall–Kier alpha value is -0.770. The maximum atomic E-state index is 11.6. The minimum absolute atomic E-state index is 0.226. The third-order valence-electron chi connectivity index (χ3n) is 2.68. The van der Waals surface area contributed by atoms with Crippen molar-refractivity contribution in [3.05, 3.63) is 0 Å². The fourth-order valence-corrected chi connectivity index (χ4v) is 1.95. The molecule has 2 aliphatic heterocycles. The quantitative estimate of drug-likeness (QED) is 0.586. The predicted octanol–water partition coefficient (Wildman–Crippen LogP) is -0.284. The van der Waals surface area contributed by atoms with Gasteiger partial charge in [-0.2, -0.15) is 0 Å². The number of nitrogens with zero attached hydrogens (tertiary/aromatic N) is 2. The summed E-state index contributed by atoms with van der Waals surface area (Å²) in [5.41, 5.74) is 0. The normalized spacial score (nSPS) is 29.4. The van der Waals surface area contributed by atoms with E-state index >= 15 is 0 Å². The molecule has 2 fully saturated rings. The fraction of sp³-hybridized carbons (Fsp3) is 0.875. The SMILES string of the molecule is CCN1CC2CNCCN2C1=O. The molecule has 2 amide bonds. The second-order valence-electron chi connectivity index (χ2n) is 3.37. The van der Waals surface area contributed by atoms with Gasteiger partial charge in [0.2, 0.25) is 0 Å². The van der Waals surface area contributed by atoms with E-state index in [-0.39, 0.29) is 6.03 Å². The molecule has 2 heterocycles. The molecule has 1 atom stereocenters. The largest absolute Gasteiger partial charge is 0.323 e. The van der Waals surface area contributed by atoms with Crippen LogP contribution in [0.2, 0.25) is 0 Å². The van der Waals surface area contributed by atoms with Crippen LogP contribution < -0.4 is 5.32 Å². The van der Waals surface area contributed by atoms with Crippen LogP contribution in [0.1, 0.15) is 6.92 Å². The Morgan fingerprint density at radius 1 is 1.67 bits per heavy atom. The molecule has 4 heteroatoms. The first-order valence-electron chi connectivity index (χ1n) is 4.59. The topological polar surface area (TPSA) is 35.6 Å². The lowest BCUT2D eigenvalue weighted by Gasteiger charge is -2.28. The summed E-state index contributed by atoms with van der Waals surface area (Å²) < 4.78 is 0. The molecule has 1 unspecified atom stereocenters. The second-order valence-corrected chi connectivity index (χ2v) is 3.37. The average molecular weight is 169 g/mol. The van der Waals surface area contributed by atoms with Gasteiger partial charge in [-0.1, -0.05) is 0 Å². The van der Waals surface area contributed by atoms with Crippen LogP contribution in [0, 0.1) is 0 Å². The molecule has 12 heavy (non-hydrogen) atoms. The molecule has 0 spiro atoms. The summed E-state index contributed by atoms with van der Waals surface area (Å²) in [6.45, 7) is 6.56. The van der Waals surface area contributed by atoms with Crippen LogP contribution in [0.25, 0.3) is 0 Å². The van der Waals surface area contributed by atoms with Crippen molar-refractivity contribution in [1.29, 1.82) is 0 Å². The zero-order valence-corrected chi connectivity index (χ0v) is 7.42. The highest BCUT2D eigenvalue weighted by Crippen LogP contribution is 2.16. The van der Waals surface area contributed by atoms with Crippen molar-refractivity contribution in [1.82, 2.24) is 15.1 Å². The van der Waals surface area contributed by atoms with Gasteiger partial charge in [-0.25, -0.2) is 4.79 Å². The summed E-state index contributed by atoms with van der Waals surface area (Å²) in [7, 11) is 0. The van der Waals surface area contributed by atoms with Crippen LogP contribution in [0.5, 0.6) is 0 Å². The van der Waals surface area contributed by atoms with Crippen LogP contribution in [-0.4, -0.2) is 54.6 Å². The smallest absolute Gasteiger partial charge is 0.320 e. The van der Waals surface area contributed by atoms with Crippen LogP contribution >= 0.6 is 0 Å². The summed E-state index contributed by atoms with van der Waals surface area (Å²) in [5, 5.41) is 3.30. The first-order chi connectivity index (χ1) is 5.83. The zero-order valence-electron chi connectivity index (χ0n) is 7.42. The predicted molar refractivity (Wildman–Crippen MR) is 46.0 cm³/mol. The Kier molecular flexibility index (Phi) is 1.92. The monoisotopic (exact) mass is 169 g/mol. The van der Waals surface area contributed by atoms with E-state index in [9.17, 15) is 4.79 Å². The molecule has 0 radical (unpaired) electrons. The van der Waals surface area contributed by atoms with Gasteiger partial charge in [0, 0.05) is 32.7 Å². The number of carbonyl (C=O) groups is 1. The lowest BCUT2D eigenvalue weighted by Crippen LogP contribution is -2.49. The summed E-state index contributed by atoms with van der Waals surface area (Å²) in [6.07, 6.45) is 0. The van der Waals surface area contributed by atoms with E-state index in [1.165, 1.54) is 0 Å². The maximum Gasteiger partial charge on any atom is 0.320 e. The van der Waals surface area contributed by atoms with Crippen LogP contribution in [0.3, 0.4) is 0 Å². The van der Waals surface area contributed by atoms with Crippen molar-refractivity contribution >= 4 is 6.03 Å². The molecule has 4 nitrogen and oxygen atoms in total. The third kappa shape index (κ3) is 1.06. The Bertz CT molecular complexity index is 195. The zero-order chi connectivity index (χ0) is 8.55. The molecule has 2 rings (SSSR count). The van der Waals surface area contributed by atoms with E-state index in [2.05, 4.69) is 5.32 Å². The molecule has 0 aliphatic carbocycles. The number of amides is 2. The number of hydrogen-bond acceptors (Lipinski definition) is 2. The van der Waals surface area contributed by atoms with E-state index in [1.54, 1.807) is 0 Å². The Morgan fingerprint density at radius 2 is 2.50 bits per heavy atom. The van der Waals surface area contributed by atoms with Gasteiger partial charge in [0.1, 0.15) is 0 Å². The van der Waals surface area contributed by atoms with E-state index in [4.69, 9.17) is 0 Å². The van der Waals surface area contributed by atoms with E-state index in [0.29, 0.717) is 6.04 Å². The Labute approximate surface area is 72.5 Å². The molecular formula is C8H15N3O. The Balaban J connectivity index is 2.08. The number of rotatable bonds is 1. The molecular weight excluding hydrogens is 154 g/mol. The molecule has 0 aromatic heterocycles. The fourth-order valence-electron chi connectivity index (χ4n) is 1.95. The molecule has 0 aromatic carbocycles. The van der Waals surface area contributed by atoms with Gasteiger partial charge in [0.05, 0.1) is 6.04 Å². The first kappa shape index (κ1) is 7.86. The lowest BCUT2D eigenvalue weighted by atomic mass is 10.2. The number of piperazine rings is 1. The highest BCUT2D eigenvalue weighted by atomic mass is 16.2. The van der Waals surface area contributed by atoms with E-state index in [1.807, 2.05) is 16.7 Å². The van der Waals surface area contributed by atoms with Crippen molar-refractivity contribution in [3.63, 3.8) is 0 Å². The molecule has 2 saturated heterocycles. The van der Waals surface area contributed by atoms with Gasteiger partial charge < -0.3 is 15.1 Å². The standard InChI is InChI=1S/C8H15N3O/c1-2-10-6-7-5-9-3-4-11(7)8(10)12/h7,9H,2-6H2,1H3. The number of likely N-dealkylation sites (N-methyl/N-ethyl adjacent to an activating group) is 1. The molecule has 0 aromatic rings. The number of urea groups is 1. The van der Waals surface area contributed by atoms with Gasteiger partial charge in [-0.05, 0) is 6.92 Å². The van der Waals surface area contributed by atoms with E-state index < -0.39 is 0 Å². The van der Waals surface area contributed by atoms with Crippen molar-refractivity contribution < 1.29 is 4.79 Å². The highest BCUT2D eigenvalue weighted by molar-refractivity contribution is 5.77. The molecule has 1 N–H and O–H groups in total. The second kappa shape index (κ2) is 2.94. The van der Waals surface area contributed by atoms with Crippen LogP contribution in [-0.2, 0) is 0 Å². The van der Waals surface area contributed by atoms with Gasteiger partial charge >= 0.3 is 6.03 Å². The van der Waals surface area contributed by atoms with Gasteiger partial charge in [-0.15, -0.1) is 0 Å². The summed E-state index contributed by atoms with van der Waals surface area (Å²) in [4.78, 5) is 15.5. The van der Waals surface area contributed by atoms with Crippen molar-refractivity contribution in [3.8, 4) is 0 Å². The van der Waals surface area contributed by atoms with Crippen molar-refractivity contribution in [2.24, 2.45) is 0 Å². The maximum absolute atomic E-state index is 11.6. The number of carbonyl (C=O) groups excluding carboxylic acids is 1. The summed E-state index contributed by atoms with van der Waals surface area (Å²) in [6, 6.07) is 0.648. The molecule has 68 valence electrons. The molecule has 0 bridgehead atoms. The first-order valence-corrected chi connectivity index (χ1v) is 4.59. The number of fused-ring (bicyclic) bond motifs is 1. The lowest BCUT2D eigenvalue weighted by molar-refractivity contribution is 0.180. The third-order valence-corrected chi connectivity index (χ3v) is 2.68. The Morgan fingerprint density at radius 3 is 3.17 bits per heavy atom. The molecule has 0 saturated carbocycles.